The Kier molecular flexibility index (Phi) is 12.1. The summed E-state index contributed by atoms with van der Waals surface area (Å²) in [6.07, 6.45) is 15.3. The highest BCUT2D eigenvalue weighted by molar-refractivity contribution is 8.00. The Morgan fingerprint density at radius 3 is 2.43 bits per heavy atom. The highest BCUT2D eigenvalue weighted by Crippen LogP contribution is 2.63. The SMILES string of the molecule is C=CCO[C@@]12Oc3ccc(Oc4ccc(C)c(C)c4)cc3[C@H]3[C@H](CCCCO)[C@@H](CCCCO)C=C(C(=NOC)C[C@@H]1SC1CCCC1)[C@H]32. The van der Waals surface area contributed by atoms with Gasteiger partial charge < -0.3 is 29.3 Å². The summed E-state index contributed by atoms with van der Waals surface area (Å²) in [5.74, 6) is 2.00. The van der Waals surface area contributed by atoms with Gasteiger partial charge in [-0.1, -0.05) is 49.1 Å². The maximum atomic E-state index is 9.83. The van der Waals surface area contributed by atoms with E-state index in [1.54, 1.807) is 7.11 Å². The lowest BCUT2D eigenvalue weighted by atomic mass is 9.56. The highest BCUT2D eigenvalue weighted by Gasteiger charge is 2.64. The molecule has 2 aromatic rings. The molecular formula is C41H55NO6S. The first-order valence-electron chi connectivity index (χ1n) is 18.4. The Labute approximate surface area is 297 Å². The Hall–Kier alpha value is -2.78. The average Bonchev–Trinajstić information content (AvgIpc) is 3.62. The van der Waals surface area contributed by atoms with Crippen molar-refractivity contribution in [1.82, 2.24) is 0 Å². The molecule has 0 saturated heterocycles. The van der Waals surface area contributed by atoms with Gasteiger partial charge in [0.1, 0.15) is 24.4 Å². The molecule has 6 atom stereocenters. The van der Waals surface area contributed by atoms with Crippen molar-refractivity contribution in [2.24, 2.45) is 22.9 Å². The molecule has 0 bridgehead atoms. The zero-order valence-electron chi connectivity index (χ0n) is 29.6. The van der Waals surface area contributed by atoms with Gasteiger partial charge in [0.05, 0.1) is 23.5 Å². The molecule has 0 aromatic heterocycles. The van der Waals surface area contributed by atoms with Crippen LogP contribution in [0, 0.1) is 31.6 Å². The van der Waals surface area contributed by atoms with E-state index in [1.165, 1.54) is 36.8 Å². The van der Waals surface area contributed by atoms with E-state index in [1.807, 2.05) is 30.0 Å². The summed E-state index contributed by atoms with van der Waals surface area (Å²) in [7, 11) is 1.64. The monoisotopic (exact) mass is 689 g/mol. The van der Waals surface area contributed by atoms with Crippen molar-refractivity contribution >= 4 is 17.5 Å². The molecule has 2 aromatic carbocycles. The zero-order valence-corrected chi connectivity index (χ0v) is 30.4. The van der Waals surface area contributed by atoms with Crippen molar-refractivity contribution in [2.75, 3.05) is 26.9 Å². The van der Waals surface area contributed by atoms with Gasteiger partial charge in [-0.25, -0.2) is 0 Å². The number of allylic oxidation sites excluding steroid dienone is 1. The van der Waals surface area contributed by atoms with Crippen LogP contribution in [0.25, 0.3) is 0 Å². The van der Waals surface area contributed by atoms with Crippen LogP contribution in [0.1, 0.15) is 93.2 Å². The van der Waals surface area contributed by atoms with Gasteiger partial charge in [-0.3, -0.25) is 0 Å². The number of ether oxygens (including phenoxy) is 3. The topological polar surface area (TPSA) is 89.7 Å². The average molecular weight is 690 g/mol. The lowest BCUT2D eigenvalue weighted by Crippen LogP contribution is -2.64. The van der Waals surface area contributed by atoms with Crippen LogP contribution in [0.15, 0.2) is 65.9 Å². The van der Waals surface area contributed by atoms with Crippen LogP contribution < -0.4 is 9.47 Å². The lowest BCUT2D eigenvalue weighted by Gasteiger charge is -2.58. The highest BCUT2D eigenvalue weighted by atomic mass is 32.2. The summed E-state index contributed by atoms with van der Waals surface area (Å²) < 4.78 is 20.9. The summed E-state index contributed by atoms with van der Waals surface area (Å²) in [6.45, 7) is 9.02. The number of nitrogens with zero attached hydrogens (tertiary/aromatic N) is 1. The first-order chi connectivity index (χ1) is 23.9. The van der Waals surface area contributed by atoms with Crippen LogP contribution in [-0.4, -0.2) is 59.1 Å². The molecule has 2 fully saturated rings. The Morgan fingerprint density at radius 2 is 1.71 bits per heavy atom. The van der Waals surface area contributed by atoms with E-state index in [0.717, 1.165) is 72.6 Å². The number of unbranched alkanes of at least 4 members (excludes halogenated alkanes) is 2. The fourth-order valence-electron chi connectivity index (χ4n) is 8.79. The van der Waals surface area contributed by atoms with Gasteiger partial charge in [0.15, 0.2) is 0 Å². The molecule has 49 heavy (non-hydrogen) atoms. The van der Waals surface area contributed by atoms with Crippen molar-refractivity contribution in [3.8, 4) is 17.2 Å². The number of oxime groups is 1. The molecule has 266 valence electrons. The van der Waals surface area contributed by atoms with E-state index in [4.69, 9.17) is 24.2 Å². The Balaban J connectivity index is 1.52. The van der Waals surface area contributed by atoms with Crippen molar-refractivity contribution in [3.63, 3.8) is 0 Å². The van der Waals surface area contributed by atoms with Crippen LogP contribution in [0.5, 0.6) is 17.2 Å². The predicted octanol–water partition coefficient (Wildman–Crippen LogP) is 9.03. The van der Waals surface area contributed by atoms with E-state index in [0.29, 0.717) is 18.3 Å². The van der Waals surface area contributed by atoms with Crippen LogP contribution >= 0.6 is 11.8 Å². The molecule has 4 aliphatic rings. The second kappa shape index (κ2) is 16.5. The maximum Gasteiger partial charge on any atom is 0.230 e. The van der Waals surface area contributed by atoms with Gasteiger partial charge in [-0.05, 0) is 111 Å². The third-order valence-electron chi connectivity index (χ3n) is 11.2. The molecule has 1 aliphatic heterocycles. The number of fused-ring (bicyclic) bond motifs is 2. The lowest BCUT2D eigenvalue weighted by molar-refractivity contribution is -0.223. The van der Waals surface area contributed by atoms with Crippen LogP contribution in [0.4, 0.5) is 0 Å². The minimum Gasteiger partial charge on any atom is -0.460 e. The van der Waals surface area contributed by atoms with Crippen LogP contribution in [0.2, 0.25) is 0 Å². The fourth-order valence-corrected chi connectivity index (χ4v) is 10.6. The van der Waals surface area contributed by atoms with Crippen LogP contribution in [0.3, 0.4) is 0 Å². The van der Waals surface area contributed by atoms with Crippen molar-refractivity contribution in [2.45, 2.75) is 107 Å². The smallest absolute Gasteiger partial charge is 0.230 e. The van der Waals surface area contributed by atoms with Gasteiger partial charge in [0, 0.05) is 36.4 Å². The van der Waals surface area contributed by atoms with Crippen molar-refractivity contribution in [3.05, 3.63) is 77.4 Å². The fraction of sp³-hybridized carbons (Fsp3) is 0.585. The van der Waals surface area contributed by atoms with Crippen molar-refractivity contribution < 1.29 is 29.3 Å². The van der Waals surface area contributed by atoms with Crippen molar-refractivity contribution in [1.29, 1.82) is 0 Å². The second-order valence-electron chi connectivity index (χ2n) is 14.3. The number of rotatable bonds is 16. The molecule has 2 saturated carbocycles. The predicted molar refractivity (Wildman–Crippen MR) is 198 cm³/mol. The molecule has 7 nitrogen and oxygen atoms in total. The molecule has 0 amide bonds. The number of hydrogen-bond acceptors (Lipinski definition) is 8. The minimum atomic E-state index is -0.917. The number of aliphatic hydroxyl groups excluding tert-OH is 2. The van der Waals surface area contributed by atoms with Gasteiger partial charge >= 0.3 is 0 Å². The summed E-state index contributed by atoms with van der Waals surface area (Å²) in [6, 6.07) is 12.5. The third-order valence-corrected chi connectivity index (χ3v) is 12.9. The summed E-state index contributed by atoms with van der Waals surface area (Å²) in [5.41, 5.74) is 5.72. The number of aryl methyl sites for hydroxylation is 2. The standard InChI is InChI=1S/C41H55NO6S/c1-5-22-46-41-38(49-32-13-6-7-14-32)26-36(42-45-4)34-24-29(12-8-10-20-43)33(15-9-11-21-44)39(40(34)41)35-25-31(18-19-37(35)48-41)47-30-17-16-27(2)28(3)23-30/h5,16-19,23-25,29,32-33,38-40,43-44H,1,6-15,20-22,26H2,2-4H3/t29-,33+,38-,39+,40+,41+/m0/s1. The second-order valence-corrected chi connectivity index (χ2v) is 15.8. The van der Waals surface area contributed by atoms with Gasteiger partial charge in [0.2, 0.25) is 5.79 Å². The van der Waals surface area contributed by atoms with E-state index in [9.17, 15) is 10.2 Å². The molecule has 1 heterocycles. The van der Waals surface area contributed by atoms with E-state index < -0.39 is 5.79 Å². The molecular weight excluding hydrogens is 635 g/mol. The van der Waals surface area contributed by atoms with E-state index in [2.05, 4.69) is 50.8 Å². The molecule has 0 spiro atoms. The van der Waals surface area contributed by atoms with E-state index in [-0.39, 0.29) is 42.1 Å². The molecule has 3 aliphatic carbocycles. The molecule has 0 radical (unpaired) electrons. The summed E-state index contributed by atoms with van der Waals surface area (Å²) in [4.78, 5) is 5.56. The number of thioether (sulfide) groups is 1. The van der Waals surface area contributed by atoms with Crippen LogP contribution in [-0.2, 0) is 9.57 Å². The maximum absolute atomic E-state index is 9.83. The largest absolute Gasteiger partial charge is 0.460 e. The Bertz CT molecular complexity index is 1500. The van der Waals surface area contributed by atoms with Gasteiger partial charge in [-0.15, -0.1) is 18.3 Å². The number of hydrogen-bond donors (Lipinski definition) is 2. The van der Waals surface area contributed by atoms with Gasteiger partial charge in [0.25, 0.3) is 0 Å². The molecule has 0 unspecified atom stereocenters. The molecule has 6 rings (SSSR count). The summed E-state index contributed by atoms with van der Waals surface area (Å²) in [5, 5.41) is 24.8. The first kappa shape index (κ1) is 36.0. The number of aliphatic hydroxyl groups is 2. The quantitative estimate of drug-likeness (QED) is 0.103. The minimum absolute atomic E-state index is 0.0118. The third kappa shape index (κ3) is 7.63. The first-order valence-corrected chi connectivity index (χ1v) is 19.4. The van der Waals surface area contributed by atoms with Gasteiger partial charge in [-0.2, -0.15) is 0 Å². The van der Waals surface area contributed by atoms with E-state index >= 15 is 0 Å². The Morgan fingerprint density at radius 1 is 0.980 bits per heavy atom. The molecule has 2 N–H and O–H groups in total. The number of benzene rings is 2. The summed E-state index contributed by atoms with van der Waals surface area (Å²) >= 11 is 2.02. The molecule has 8 heteroatoms. The zero-order chi connectivity index (χ0) is 34.4. The normalized spacial score (nSPS) is 28.4.